The minimum atomic E-state index is -0.444. The zero-order valence-corrected chi connectivity index (χ0v) is 14.3. The largest absolute Gasteiger partial charge is 0.330 e. The van der Waals surface area contributed by atoms with Crippen LogP contribution in [-0.4, -0.2) is 37.0 Å². The van der Waals surface area contributed by atoms with Crippen molar-refractivity contribution < 1.29 is 9.18 Å². The zero-order chi connectivity index (χ0) is 14.8. The molecule has 2 rings (SSSR count). The number of rotatable bonds is 4. The summed E-state index contributed by atoms with van der Waals surface area (Å²) in [6.07, 6.45) is 0.990. The van der Waals surface area contributed by atoms with Gasteiger partial charge in [0.2, 0.25) is 5.91 Å². The van der Waals surface area contributed by atoms with E-state index in [9.17, 15) is 9.18 Å². The number of anilines is 1. The van der Waals surface area contributed by atoms with Gasteiger partial charge in [-0.3, -0.25) is 9.69 Å². The Bertz CT molecular complexity index is 517. The molecule has 1 aliphatic heterocycles. The minimum Gasteiger partial charge on any atom is -0.330 e. The van der Waals surface area contributed by atoms with Gasteiger partial charge in [0.25, 0.3) is 0 Å². The molecule has 4 nitrogen and oxygen atoms in total. The van der Waals surface area contributed by atoms with Crippen LogP contribution in [0.3, 0.4) is 0 Å². The molecule has 0 radical (unpaired) electrons. The van der Waals surface area contributed by atoms with E-state index in [2.05, 4.69) is 33.1 Å². The number of carbonyl (C=O) groups is 1. The number of carbonyl (C=O) groups excluding carboxylic acids is 1. The van der Waals surface area contributed by atoms with Crippen LogP contribution in [-0.2, 0) is 4.79 Å². The van der Waals surface area contributed by atoms with Gasteiger partial charge >= 0.3 is 0 Å². The van der Waals surface area contributed by atoms with Gasteiger partial charge in [-0.25, -0.2) is 4.39 Å². The Hall–Kier alpha value is -0.690. The summed E-state index contributed by atoms with van der Waals surface area (Å²) in [5.74, 6) is -0.645. The Kier molecular flexibility index (Phi) is 6.59. The van der Waals surface area contributed by atoms with E-state index in [1.165, 1.54) is 6.07 Å². The van der Waals surface area contributed by atoms with E-state index in [0.29, 0.717) is 11.0 Å². The molecule has 0 bridgehead atoms. The molecule has 1 atom stereocenters. The van der Waals surface area contributed by atoms with Gasteiger partial charge in [-0.1, -0.05) is 22.9 Å². The molecule has 1 fully saturated rings. The van der Waals surface area contributed by atoms with E-state index in [-0.39, 0.29) is 36.0 Å². The van der Waals surface area contributed by atoms with Crippen LogP contribution in [0.25, 0.3) is 0 Å². The molecular formula is C14H20BrClFN3O. The Balaban J connectivity index is 0.00000220. The molecule has 1 saturated heterocycles. The molecule has 1 unspecified atom stereocenters. The first kappa shape index (κ1) is 18.4. The number of halogens is 3. The monoisotopic (exact) mass is 379 g/mol. The molecule has 1 aliphatic rings. The molecular weight excluding hydrogens is 361 g/mol. The van der Waals surface area contributed by atoms with E-state index < -0.39 is 5.82 Å². The molecule has 1 aromatic carbocycles. The maximum absolute atomic E-state index is 13.6. The van der Waals surface area contributed by atoms with Gasteiger partial charge < -0.3 is 11.1 Å². The lowest BCUT2D eigenvalue weighted by molar-refractivity contribution is -0.117. The van der Waals surface area contributed by atoms with E-state index in [4.69, 9.17) is 5.73 Å². The van der Waals surface area contributed by atoms with Crippen LogP contribution in [0.2, 0.25) is 0 Å². The number of hydrogen-bond acceptors (Lipinski definition) is 3. The summed E-state index contributed by atoms with van der Waals surface area (Å²) in [6, 6.07) is 4.57. The first-order valence-electron chi connectivity index (χ1n) is 6.59. The molecule has 1 aromatic rings. The number of amides is 1. The highest BCUT2D eigenvalue weighted by molar-refractivity contribution is 9.10. The van der Waals surface area contributed by atoms with Crippen molar-refractivity contribution in [3.8, 4) is 0 Å². The second-order valence-corrected chi connectivity index (χ2v) is 6.56. The number of nitrogens with two attached hydrogens (primary N) is 1. The van der Waals surface area contributed by atoms with E-state index >= 15 is 0 Å². The van der Waals surface area contributed by atoms with Crippen LogP contribution in [0.4, 0.5) is 10.1 Å². The summed E-state index contributed by atoms with van der Waals surface area (Å²) in [5.41, 5.74) is 6.03. The maximum atomic E-state index is 13.6. The molecule has 0 saturated carbocycles. The summed E-state index contributed by atoms with van der Waals surface area (Å²) in [6.45, 7) is 4.67. The number of benzene rings is 1. The van der Waals surface area contributed by atoms with Crippen LogP contribution in [0, 0.1) is 11.2 Å². The van der Waals surface area contributed by atoms with Gasteiger partial charge in [0.05, 0.1) is 12.2 Å². The first-order chi connectivity index (χ1) is 9.42. The second-order valence-electron chi connectivity index (χ2n) is 5.65. The fourth-order valence-electron chi connectivity index (χ4n) is 2.41. The summed E-state index contributed by atoms with van der Waals surface area (Å²) in [7, 11) is 0. The molecule has 7 heteroatoms. The summed E-state index contributed by atoms with van der Waals surface area (Å²) >= 11 is 3.18. The molecule has 1 amide bonds. The Morgan fingerprint density at radius 1 is 1.57 bits per heavy atom. The molecule has 21 heavy (non-hydrogen) atoms. The van der Waals surface area contributed by atoms with Crippen molar-refractivity contribution in [2.24, 2.45) is 11.1 Å². The molecule has 0 spiro atoms. The maximum Gasteiger partial charge on any atom is 0.238 e. The van der Waals surface area contributed by atoms with Crippen molar-refractivity contribution in [2.75, 3.05) is 31.5 Å². The Morgan fingerprint density at radius 3 is 2.86 bits per heavy atom. The lowest BCUT2D eigenvalue weighted by Gasteiger charge is -2.22. The predicted molar refractivity (Wildman–Crippen MR) is 88.2 cm³/mol. The highest BCUT2D eigenvalue weighted by atomic mass is 79.9. The highest BCUT2D eigenvalue weighted by Gasteiger charge is 2.33. The van der Waals surface area contributed by atoms with Crippen LogP contribution < -0.4 is 11.1 Å². The molecule has 1 heterocycles. The van der Waals surface area contributed by atoms with Crippen molar-refractivity contribution in [1.82, 2.24) is 4.90 Å². The number of hydrogen-bond donors (Lipinski definition) is 2. The summed E-state index contributed by atoms with van der Waals surface area (Å²) in [4.78, 5) is 14.0. The standard InChI is InChI=1S/C14H19BrFN3O.ClH/c1-14(8-17)4-5-19(9-14)7-13(20)18-12-3-2-10(15)6-11(12)16;/h2-3,6H,4-5,7-9,17H2,1H3,(H,18,20);1H. The van der Waals surface area contributed by atoms with Crippen molar-refractivity contribution in [3.05, 3.63) is 28.5 Å². The number of nitrogens with zero attached hydrogens (tertiary/aromatic N) is 1. The topological polar surface area (TPSA) is 58.4 Å². The lowest BCUT2D eigenvalue weighted by atomic mass is 9.90. The lowest BCUT2D eigenvalue weighted by Crippen LogP contribution is -2.35. The normalized spacial score (nSPS) is 21.9. The predicted octanol–water partition coefficient (Wildman–Crippen LogP) is 2.62. The van der Waals surface area contributed by atoms with Crippen LogP contribution in [0.5, 0.6) is 0 Å². The van der Waals surface area contributed by atoms with Crippen molar-refractivity contribution >= 4 is 39.9 Å². The van der Waals surface area contributed by atoms with Crippen molar-refractivity contribution in [2.45, 2.75) is 13.3 Å². The van der Waals surface area contributed by atoms with E-state index in [1.54, 1.807) is 12.1 Å². The zero-order valence-electron chi connectivity index (χ0n) is 11.9. The molecule has 0 aliphatic carbocycles. The second kappa shape index (κ2) is 7.54. The number of nitrogens with one attached hydrogen (secondary N) is 1. The number of likely N-dealkylation sites (tertiary alicyclic amines) is 1. The molecule has 0 aromatic heterocycles. The Labute approximate surface area is 138 Å². The van der Waals surface area contributed by atoms with Gasteiger partial charge in [0, 0.05) is 11.0 Å². The average molecular weight is 381 g/mol. The van der Waals surface area contributed by atoms with Crippen molar-refractivity contribution in [1.29, 1.82) is 0 Å². The van der Waals surface area contributed by atoms with Gasteiger partial charge in [-0.2, -0.15) is 0 Å². The van der Waals surface area contributed by atoms with Gasteiger partial charge in [-0.15, -0.1) is 12.4 Å². The third-order valence-electron chi connectivity index (χ3n) is 3.70. The summed E-state index contributed by atoms with van der Waals surface area (Å²) < 4.78 is 14.3. The molecule has 3 N–H and O–H groups in total. The van der Waals surface area contributed by atoms with Crippen molar-refractivity contribution in [3.63, 3.8) is 0 Å². The summed E-state index contributed by atoms with van der Waals surface area (Å²) in [5, 5.41) is 2.60. The van der Waals surface area contributed by atoms with Gasteiger partial charge in [-0.05, 0) is 43.1 Å². The average Bonchev–Trinajstić information content (AvgIpc) is 2.75. The third-order valence-corrected chi connectivity index (χ3v) is 4.20. The molecule has 118 valence electrons. The van der Waals surface area contributed by atoms with Crippen LogP contribution in [0.15, 0.2) is 22.7 Å². The quantitative estimate of drug-likeness (QED) is 0.844. The van der Waals surface area contributed by atoms with Crippen LogP contribution >= 0.6 is 28.3 Å². The smallest absolute Gasteiger partial charge is 0.238 e. The fourth-order valence-corrected chi connectivity index (χ4v) is 2.74. The third kappa shape index (κ3) is 4.92. The highest BCUT2D eigenvalue weighted by Crippen LogP contribution is 2.28. The first-order valence-corrected chi connectivity index (χ1v) is 7.38. The van der Waals surface area contributed by atoms with Gasteiger partial charge in [0.15, 0.2) is 0 Å². The fraction of sp³-hybridized carbons (Fsp3) is 0.500. The van der Waals surface area contributed by atoms with E-state index in [0.717, 1.165) is 19.5 Å². The Morgan fingerprint density at radius 2 is 2.29 bits per heavy atom. The minimum absolute atomic E-state index is 0. The SMILES string of the molecule is CC1(CN)CCN(CC(=O)Nc2ccc(Br)cc2F)C1.Cl. The van der Waals surface area contributed by atoms with E-state index in [1.807, 2.05) is 0 Å². The van der Waals surface area contributed by atoms with Gasteiger partial charge in [0.1, 0.15) is 5.82 Å². The van der Waals surface area contributed by atoms with Crippen LogP contribution in [0.1, 0.15) is 13.3 Å².